The number of nitrogens with one attached hydrogen (secondary N) is 1. The number of nitrogens with zero attached hydrogens (tertiary/aromatic N) is 2. The number of carboxylic acids is 1. The van der Waals surface area contributed by atoms with Gasteiger partial charge in [0.25, 0.3) is 0 Å². The van der Waals surface area contributed by atoms with Crippen molar-refractivity contribution in [1.82, 2.24) is 15.0 Å². The smallest absolute Gasteiger partial charge is 0.314 e. The molecule has 2 N–H and O–H groups in total. The van der Waals surface area contributed by atoms with Gasteiger partial charge in [-0.05, 0) is 12.8 Å². The maximum Gasteiger partial charge on any atom is 0.314 e. The Bertz CT molecular complexity index is 629. The van der Waals surface area contributed by atoms with Gasteiger partial charge < -0.3 is 14.8 Å². The molecule has 0 radical (unpaired) electrons. The Morgan fingerprint density at radius 1 is 1.42 bits per heavy atom. The number of aromatic amines is 1. The van der Waals surface area contributed by atoms with Gasteiger partial charge in [-0.2, -0.15) is 4.98 Å². The van der Waals surface area contributed by atoms with Crippen LogP contribution in [0.2, 0.25) is 0 Å². The van der Waals surface area contributed by atoms with Crippen molar-refractivity contribution in [2.24, 2.45) is 0 Å². The first-order valence-electron chi connectivity index (χ1n) is 6.29. The van der Waals surface area contributed by atoms with Crippen LogP contribution in [0.25, 0.3) is 11.0 Å². The molecule has 0 amide bonds. The van der Waals surface area contributed by atoms with Crippen molar-refractivity contribution < 1.29 is 14.6 Å². The van der Waals surface area contributed by atoms with Crippen LogP contribution in [0, 0.1) is 0 Å². The summed E-state index contributed by atoms with van der Waals surface area (Å²) in [7, 11) is 1.53. The molecule has 19 heavy (non-hydrogen) atoms. The molecule has 1 aliphatic rings. The van der Waals surface area contributed by atoms with E-state index in [0.29, 0.717) is 29.8 Å². The second kappa shape index (κ2) is 4.22. The third-order valence-corrected chi connectivity index (χ3v) is 4.00. The predicted octanol–water partition coefficient (Wildman–Crippen LogP) is 1.86. The number of aliphatic carboxylic acids is 1. The zero-order valence-corrected chi connectivity index (χ0v) is 10.6. The average molecular weight is 261 g/mol. The molecule has 2 aromatic rings. The number of H-pyrrole nitrogens is 1. The molecule has 0 spiro atoms. The third-order valence-electron chi connectivity index (χ3n) is 4.00. The maximum atomic E-state index is 11.7. The number of carboxylic acid groups (broad SMARTS) is 1. The summed E-state index contributed by atoms with van der Waals surface area (Å²) in [4.78, 5) is 23.0. The number of hydrogen-bond donors (Lipinski definition) is 2. The van der Waals surface area contributed by atoms with Gasteiger partial charge in [-0.3, -0.25) is 4.79 Å². The Morgan fingerprint density at radius 2 is 2.16 bits per heavy atom. The Balaban J connectivity index is 2.23. The molecule has 2 aromatic heterocycles. The molecule has 1 saturated carbocycles. The van der Waals surface area contributed by atoms with E-state index in [9.17, 15) is 9.90 Å². The molecule has 1 fully saturated rings. The van der Waals surface area contributed by atoms with Gasteiger partial charge in [0.05, 0.1) is 18.0 Å². The fourth-order valence-corrected chi connectivity index (χ4v) is 3.01. The zero-order chi connectivity index (χ0) is 13.5. The molecular weight excluding hydrogens is 246 g/mol. The van der Waals surface area contributed by atoms with Gasteiger partial charge in [0.1, 0.15) is 11.8 Å². The van der Waals surface area contributed by atoms with Crippen molar-refractivity contribution in [3.05, 3.63) is 18.1 Å². The summed E-state index contributed by atoms with van der Waals surface area (Å²) < 4.78 is 5.17. The Kier molecular flexibility index (Phi) is 2.66. The van der Waals surface area contributed by atoms with Crippen molar-refractivity contribution in [3.8, 4) is 5.88 Å². The van der Waals surface area contributed by atoms with Crippen LogP contribution in [0.1, 0.15) is 31.2 Å². The van der Waals surface area contributed by atoms with Gasteiger partial charge in [-0.25, -0.2) is 4.98 Å². The summed E-state index contributed by atoms with van der Waals surface area (Å²) in [6, 6.07) is 0. The largest absolute Gasteiger partial charge is 0.481 e. The van der Waals surface area contributed by atoms with Crippen LogP contribution >= 0.6 is 0 Å². The predicted molar refractivity (Wildman–Crippen MR) is 68.2 cm³/mol. The summed E-state index contributed by atoms with van der Waals surface area (Å²) in [6.07, 6.45) is 6.32. The minimum atomic E-state index is -0.822. The zero-order valence-electron chi connectivity index (χ0n) is 10.6. The molecule has 6 heteroatoms. The van der Waals surface area contributed by atoms with E-state index in [2.05, 4.69) is 15.0 Å². The van der Waals surface area contributed by atoms with Crippen LogP contribution in [0.5, 0.6) is 5.88 Å². The molecule has 0 atom stereocenters. The van der Waals surface area contributed by atoms with Crippen LogP contribution in [0.3, 0.4) is 0 Å². The number of carbonyl (C=O) groups is 1. The number of methoxy groups -OCH3 is 1. The molecule has 2 heterocycles. The molecule has 0 unspecified atom stereocenters. The highest BCUT2D eigenvalue weighted by molar-refractivity contribution is 5.91. The van der Waals surface area contributed by atoms with E-state index in [1.54, 1.807) is 6.20 Å². The van der Waals surface area contributed by atoms with Gasteiger partial charge in [-0.15, -0.1) is 0 Å². The second-order valence-electron chi connectivity index (χ2n) is 4.90. The van der Waals surface area contributed by atoms with Crippen LogP contribution in [-0.2, 0) is 10.2 Å². The van der Waals surface area contributed by atoms with Crippen molar-refractivity contribution in [2.75, 3.05) is 7.11 Å². The fraction of sp³-hybridized carbons (Fsp3) is 0.462. The summed E-state index contributed by atoms with van der Waals surface area (Å²) in [6.45, 7) is 0. The summed E-state index contributed by atoms with van der Waals surface area (Å²) in [5, 5.41) is 9.63. The minimum Gasteiger partial charge on any atom is -0.481 e. The lowest BCUT2D eigenvalue weighted by Gasteiger charge is -2.22. The van der Waals surface area contributed by atoms with E-state index in [0.717, 1.165) is 18.4 Å². The highest BCUT2D eigenvalue weighted by Crippen LogP contribution is 2.44. The average Bonchev–Trinajstić information content (AvgIpc) is 3.04. The van der Waals surface area contributed by atoms with E-state index in [-0.39, 0.29) is 0 Å². The molecule has 3 rings (SSSR count). The van der Waals surface area contributed by atoms with Gasteiger partial charge in [-0.1, -0.05) is 12.8 Å². The molecule has 0 bridgehead atoms. The second-order valence-corrected chi connectivity index (χ2v) is 4.90. The van der Waals surface area contributed by atoms with Crippen LogP contribution in [0.4, 0.5) is 0 Å². The van der Waals surface area contributed by atoms with Crippen molar-refractivity contribution in [3.63, 3.8) is 0 Å². The lowest BCUT2D eigenvalue weighted by Crippen LogP contribution is -2.32. The molecular formula is C13H15N3O3. The lowest BCUT2D eigenvalue weighted by molar-refractivity contribution is -0.143. The SMILES string of the molecule is COc1ncnc2c(C3(C(=O)O)CCCC3)c[nH]c12. The van der Waals surface area contributed by atoms with Crippen LogP contribution < -0.4 is 4.74 Å². The van der Waals surface area contributed by atoms with Crippen molar-refractivity contribution in [1.29, 1.82) is 0 Å². The lowest BCUT2D eigenvalue weighted by atomic mass is 9.80. The summed E-state index contributed by atoms with van der Waals surface area (Å²) >= 11 is 0. The fourth-order valence-electron chi connectivity index (χ4n) is 3.01. The van der Waals surface area contributed by atoms with E-state index in [1.165, 1.54) is 13.4 Å². The van der Waals surface area contributed by atoms with Crippen LogP contribution in [0.15, 0.2) is 12.5 Å². The topological polar surface area (TPSA) is 88.1 Å². The number of rotatable bonds is 3. The minimum absolute atomic E-state index is 0.440. The third kappa shape index (κ3) is 1.59. The maximum absolute atomic E-state index is 11.7. The number of aromatic nitrogens is 3. The number of fused-ring (bicyclic) bond motifs is 1. The Hall–Kier alpha value is -2.11. The summed E-state index contributed by atoms with van der Waals surface area (Å²) in [5.74, 6) is -0.335. The highest BCUT2D eigenvalue weighted by Gasteiger charge is 2.45. The quantitative estimate of drug-likeness (QED) is 0.880. The molecule has 0 aliphatic heterocycles. The number of hydrogen-bond acceptors (Lipinski definition) is 4. The van der Waals surface area contributed by atoms with Crippen LogP contribution in [-0.4, -0.2) is 33.1 Å². The number of ether oxygens (including phenoxy) is 1. The van der Waals surface area contributed by atoms with E-state index >= 15 is 0 Å². The standard InChI is InChI=1S/C13H15N3O3/c1-19-11-10-9(15-7-16-11)8(6-14-10)13(12(17)18)4-2-3-5-13/h6-7,14H,2-5H2,1H3,(H,17,18). The normalized spacial score (nSPS) is 17.7. The summed E-state index contributed by atoms with van der Waals surface area (Å²) in [5.41, 5.74) is 1.23. The van der Waals surface area contributed by atoms with E-state index < -0.39 is 11.4 Å². The molecule has 0 saturated heterocycles. The molecule has 0 aromatic carbocycles. The van der Waals surface area contributed by atoms with Gasteiger partial charge >= 0.3 is 5.97 Å². The first-order chi connectivity index (χ1) is 9.19. The van der Waals surface area contributed by atoms with E-state index in [4.69, 9.17) is 4.74 Å². The van der Waals surface area contributed by atoms with Crippen molar-refractivity contribution >= 4 is 17.0 Å². The van der Waals surface area contributed by atoms with Gasteiger partial charge in [0.15, 0.2) is 0 Å². The monoisotopic (exact) mass is 261 g/mol. The van der Waals surface area contributed by atoms with E-state index in [1.807, 2.05) is 0 Å². The molecule has 100 valence electrons. The first-order valence-corrected chi connectivity index (χ1v) is 6.29. The van der Waals surface area contributed by atoms with Crippen molar-refractivity contribution in [2.45, 2.75) is 31.1 Å². The van der Waals surface area contributed by atoms with Gasteiger partial charge in [0, 0.05) is 11.8 Å². The Labute approximate surface area is 109 Å². The molecule has 6 nitrogen and oxygen atoms in total. The van der Waals surface area contributed by atoms with Gasteiger partial charge in [0.2, 0.25) is 5.88 Å². The highest BCUT2D eigenvalue weighted by atomic mass is 16.5. The first kappa shape index (κ1) is 12.0. The Morgan fingerprint density at radius 3 is 2.79 bits per heavy atom. The molecule has 1 aliphatic carbocycles.